The summed E-state index contributed by atoms with van der Waals surface area (Å²) in [4.78, 5) is 72.8. The molecule has 3 N–H and O–H groups in total. The largest absolute Gasteiger partial charge is 0.472 e. The first-order valence-electron chi connectivity index (χ1n) is 40.5. The van der Waals surface area contributed by atoms with E-state index in [0.29, 0.717) is 31.6 Å². The zero-order chi connectivity index (χ0) is 71.4. The van der Waals surface area contributed by atoms with Crippen molar-refractivity contribution < 1.29 is 80.2 Å². The standard InChI is InChI=1S/C78H152O17P2/c1-7-9-11-13-15-17-19-21-26-30-34-37-41-48-54-60-75(80)88-66-73(94-78(83)63-57-51-43-39-35-31-28-25-23-22-24-27-29-32-36-40-46-52-58-70(3)4)68-92-96(84,85)90-64-72(79)65-91-97(86,87)93-69-74(67-89-76(81)61-55-49-45-44-47-53-59-71(5)6)95-77(82)62-56-50-42-38-33-20-18-16-14-12-10-8-2/h70-74,79H,7-69H2,1-6H3,(H,84,85)(H,86,87)/t72-,73-,74-/m1/s1. The zero-order valence-corrected chi connectivity index (χ0v) is 65.2. The highest BCUT2D eigenvalue weighted by Crippen LogP contribution is 2.45. The highest BCUT2D eigenvalue weighted by Gasteiger charge is 2.30. The van der Waals surface area contributed by atoms with E-state index in [9.17, 15) is 43.2 Å². The topological polar surface area (TPSA) is 237 Å². The van der Waals surface area contributed by atoms with Crippen molar-refractivity contribution in [2.24, 2.45) is 11.8 Å². The summed E-state index contributed by atoms with van der Waals surface area (Å²) in [5.74, 6) is -0.614. The average Bonchev–Trinajstić information content (AvgIpc) is 1.11. The fraction of sp³-hybridized carbons (Fsp3) is 0.949. The second-order valence-electron chi connectivity index (χ2n) is 29.1. The number of carbonyl (C=O) groups is 4. The maximum Gasteiger partial charge on any atom is 0.472 e. The van der Waals surface area contributed by atoms with Crippen molar-refractivity contribution in [1.82, 2.24) is 0 Å². The summed E-state index contributed by atoms with van der Waals surface area (Å²) in [5.41, 5.74) is 0. The maximum absolute atomic E-state index is 13.1. The molecule has 19 heteroatoms. The normalized spacial score (nSPS) is 14.0. The minimum atomic E-state index is -4.96. The Hall–Kier alpha value is -1.94. The van der Waals surface area contributed by atoms with Gasteiger partial charge in [-0.25, -0.2) is 9.13 Å². The summed E-state index contributed by atoms with van der Waals surface area (Å²) in [5, 5.41) is 10.6. The van der Waals surface area contributed by atoms with E-state index in [1.54, 1.807) is 0 Å². The van der Waals surface area contributed by atoms with Crippen molar-refractivity contribution in [3.8, 4) is 0 Å². The van der Waals surface area contributed by atoms with E-state index in [1.807, 2.05) is 0 Å². The first-order valence-corrected chi connectivity index (χ1v) is 43.5. The molecule has 5 atom stereocenters. The van der Waals surface area contributed by atoms with Crippen molar-refractivity contribution in [2.45, 2.75) is 426 Å². The number of aliphatic hydroxyl groups is 1. The van der Waals surface area contributed by atoms with Crippen LogP contribution in [-0.4, -0.2) is 96.7 Å². The number of hydrogen-bond acceptors (Lipinski definition) is 15. The molecule has 0 aromatic rings. The third kappa shape index (κ3) is 72.2. The van der Waals surface area contributed by atoms with Gasteiger partial charge in [-0.1, -0.05) is 356 Å². The molecule has 0 fully saturated rings. The number of hydrogen-bond donors (Lipinski definition) is 3. The van der Waals surface area contributed by atoms with Gasteiger partial charge in [-0.15, -0.1) is 0 Å². The van der Waals surface area contributed by atoms with Crippen molar-refractivity contribution in [3.63, 3.8) is 0 Å². The van der Waals surface area contributed by atoms with Crippen LogP contribution >= 0.6 is 15.6 Å². The van der Waals surface area contributed by atoms with Crippen LogP contribution in [0.2, 0.25) is 0 Å². The first kappa shape index (κ1) is 95.1. The van der Waals surface area contributed by atoms with Crippen molar-refractivity contribution in [3.05, 3.63) is 0 Å². The molecule has 0 spiro atoms. The van der Waals surface area contributed by atoms with E-state index in [2.05, 4.69) is 41.5 Å². The number of aliphatic hydroxyl groups excluding tert-OH is 1. The minimum Gasteiger partial charge on any atom is -0.462 e. The molecule has 97 heavy (non-hydrogen) atoms. The minimum absolute atomic E-state index is 0.106. The van der Waals surface area contributed by atoms with Crippen LogP contribution in [0.15, 0.2) is 0 Å². The van der Waals surface area contributed by atoms with Crippen LogP contribution in [0.4, 0.5) is 0 Å². The molecule has 0 aromatic carbocycles. The Morgan fingerprint density at radius 2 is 0.474 bits per heavy atom. The van der Waals surface area contributed by atoms with Gasteiger partial charge in [-0.2, -0.15) is 0 Å². The molecule has 576 valence electrons. The Morgan fingerprint density at radius 1 is 0.278 bits per heavy atom. The van der Waals surface area contributed by atoms with Crippen molar-refractivity contribution >= 4 is 39.5 Å². The fourth-order valence-corrected chi connectivity index (χ4v) is 13.6. The molecule has 17 nitrogen and oxygen atoms in total. The molecule has 0 amide bonds. The Morgan fingerprint density at radius 3 is 0.701 bits per heavy atom. The molecule has 0 rings (SSSR count). The van der Waals surface area contributed by atoms with Gasteiger partial charge in [0.1, 0.15) is 19.3 Å². The van der Waals surface area contributed by atoms with Gasteiger partial charge in [0.15, 0.2) is 12.2 Å². The monoisotopic (exact) mass is 1420 g/mol. The van der Waals surface area contributed by atoms with Gasteiger partial charge in [-0.3, -0.25) is 37.3 Å². The Labute approximate surface area is 594 Å². The molecule has 0 heterocycles. The van der Waals surface area contributed by atoms with Gasteiger partial charge >= 0.3 is 39.5 Å². The summed E-state index contributed by atoms with van der Waals surface area (Å²) in [7, 11) is -9.91. The third-order valence-electron chi connectivity index (χ3n) is 18.2. The third-order valence-corrected chi connectivity index (χ3v) is 20.1. The van der Waals surface area contributed by atoms with Gasteiger partial charge < -0.3 is 33.8 Å². The number of phosphoric ester groups is 2. The molecular weight excluding hydrogens is 1270 g/mol. The van der Waals surface area contributed by atoms with Gasteiger partial charge in [0, 0.05) is 25.7 Å². The second-order valence-corrected chi connectivity index (χ2v) is 32.0. The summed E-state index contributed by atoms with van der Waals surface area (Å²) in [6.07, 6.45) is 58.4. The Balaban J connectivity index is 5.20. The van der Waals surface area contributed by atoms with Crippen LogP contribution in [0.3, 0.4) is 0 Å². The molecule has 0 bridgehead atoms. The van der Waals surface area contributed by atoms with Gasteiger partial charge in [-0.05, 0) is 37.5 Å². The van der Waals surface area contributed by atoms with E-state index >= 15 is 0 Å². The molecule has 0 saturated heterocycles. The van der Waals surface area contributed by atoms with E-state index in [1.165, 1.54) is 218 Å². The second kappa shape index (κ2) is 69.8. The number of phosphoric acid groups is 2. The van der Waals surface area contributed by atoms with E-state index < -0.39 is 97.5 Å². The number of esters is 4. The van der Waals surface area contributed by atoms with E-state index in [-0.39, 0.29) is 25.7 Å². The SMILES string of the molecule is CCCCCCCCCCCCCCCCCC(=O)OC[C@H](COP(=O)(O)OC[C@@H](O)COP(=O)(O)OC[C@@H](COC(=O)CCCCCCCCC(C)C)OC(=O)CCCCCCCCCCCCCC)OC(=O)CCCCCCCCCCCCCCCCCCCCC(C)C. The number of carbonyl (C=O) groups excluding carboxylic acids is 4. The highest BCUT2D eigenvalue weighted by atomic mass is 31.2. The Bertz CT molecular complexity index is 1870. The molecular formula is C78H152O17P2. The van der Waals surface area contributed by atoms with Crippen LogP contribution in [-0.2, 0) is 65.4 Å². The highest BCUT2D eigenvalue weighted by molar-refractivity contribution is 7.47. The predicted octanol–water partition coefficient (Wildman–Crippen LogP) is 23.1. The summed E-state index contributed by atoms with van der Waals surface area (Å²) < 4.78 is 68.5. The molecule has 0 radical (unpaired) electrons. The van der Waals surface area contributed by atoms with Crippen LogP contribution < -0.4 is 0 Å². The molecule has 0 aromatic heterocycles. The van der Waals surface area contributed by atoms with Crippen molar-refractivity contribution in [2.75, 3.05) is 39.6 Å². The number of rotatable bonds is 77. The smallest absolute Gasteiger partial charge is 0.462 e. The van der Waals surface area contributed by atoms with Crippen molar-refractivity contribution in [1.29, 1.82) is 0 Å². The molecule has 0 aliphatic heterocycles. The molecule has 2 unspecified atom stereocenters. The van der Waals surface area contributed by atoms with Gasteiger partial charge in [0.05, 0.1) is 26.4 Å². The Kier molecular flexibility index (Phi) is 68.4. The van der Waals surface area contributed by atoms with Crippen LogP contribution in [0.5, 0.6) is 0 Å². The molecule has 0 saturated carbocycles. The van der Waals surface area contributed by atoms with Gasteiger partial charge in [0.25, 0.3) is 0 Å². The van der Waals surface area contributed by atoms with Crippen LogP contribution in [0.25, 0.3) is 0 Å². The molecule has 0 aliphatic rings. The quantitative estimate of drug-likeness (QED) is 0.0222. The number of unbranched alkanes of at least 4 members (excludes halogenated alkanes) is 47. The lowest BCUT2D eigenvalue weighted by Gasteiger charge is -2.21. The predicted molar refractivity (Wildman–Crippen MR) is 395 cm³/mol. The first-order chi connectivity index (χ1) is 46.9. The van der Waals surface area contributed by atoms with Gasteiger partial charge in [0.2, 0.25) is 0 Å². The maximum atomic E-state index is 13.1. The summed E-state index contributed by atoms with van der Waals surface area (Å²) >= 11 is 0. The lowest BCUT2D eigenvalue weighted by molar-refractivity contribution is -0.161. The molecule has 0 aliphatic carbocycles. The lowest BCUT2D eigenvalue weighted by atomic mass is 10.0. The van der Waals surface area contributed by atoms with E-state index in [0.717, 1.165) is 102 Å². The van der Waals surface area contributed by atoms with Crippen LogP contribution in [0.1, 0.15) is 408 Å². The zero-order valence-electron chi connectivity index (χ0n) is 63.4. The summed E-state index contributed by atoms with van der Waals surface area (Å²) in [6.45, 7) is 9.56. The fourth-order valence-electron chi connectivity index (χ4n) is 12.0. The average molecular weight is 1420 g/mol. The van der Waals surface area contributed by atoms with E-state index in [4.69, 9.17) is 37.0 Å². The lowest BCUT2D eigenvalue weighted by Crippen LogP contribution is -2.30. The van der Waals surface area contributed by atoms with Crippen LogP contribution in [0, 0.1) is 11.8 Å². The number of ether oxygens (including phenoxy) is 4. The summed E-state index contributed by atoms with van der Waals surface area (Å²) in [6, 6.07) is 0.